The molecule has 1 aromatic rings. The average Bonchev–Trinajstić information content (AvgIpc) is 2.92. The van der Waals surface area contributed by atoms with Gasteiger partial charge in [-0.1, -0.05) is 6.92 Å². The van der Waals surface area contributed by atoms with E-state index < -0.39 is 6.10 Å². The van der Waals surface area contributed by atoms with Crippen LogP contribution < -0.4 is 10.6 Å². The third-order valence-electron chi connectivity index (χ3n) is 3.79. The highest BCUT2D eigenvalue weighted by molar-refractivity contribution is 5.96. The minimum Gasteiger partial charge on any atom is -0.392 e. The zero-order valence-electron chi connectivity index (χ0n) is 12.2. The maximum atomic E-state index is 12.3. The average molecular weight is 287 g/mol. The maximum absolute atomic E-state index is 12.3. The fraction of sp³-hybridized carbons (Fsp3) is 0.500. The van der Waals surface area contributed by atoms with Crippen molar-refractivity contribution in [1.82, 2.24) is 0 Å². The van der Waals surface area contributed by atoms with Crippen LogP contribution in [0, 0.1) is 17.2 Å². The van der Waals surface area contributed by atoms with E-state index in [2.05, 4.69) is 23.6 Å². The number of carbonyl (C=O) groups is 1. The fourth-order valence-corrected chi connectivity index (χ4v) is 2.60. The summed E-state index contributed by atoms with van der Waals surface area (Å²) in [5, 5.41) is 24.9. The number of hydrogen-bond donors (Lipinski definition) is 3. The summed E-state index contributed by atoms with van der Waals surface area (Å²) in [6, 6.07) is 7.26. The molecule has 1 aliphatic rings. The fourth-order valence-electron chi connectivity index (χ4n) is 2.60. The van der Waals surface area contributed by atoms with E-state index >= 15 is 0 Å². The molecule has 0 saturated heterocycles. The third kappa shape index (κ3) is 3.73. The van der Waals surface area contributed by atoms with Gasteiger partial charge in [0.1, 0.15) is 0 Å². The summed E-state index contributed by atoms with van der Waals surface area (Å²) in [5.41, 5.74) is 1.91. The number of anilines is 2. The molecule has 0 bridgehead atoms. The standard InChI is InChI=1S/C16H21N3O2/c1-2-8-18-13-7-6-11(10-17)9-14(13)19-16(21)12-4-3-5-15(12)20/h6-7,9,12,15,18,20H,2-5,8H2,1H3,(H,19,21). The molecule has 0 radical (unpaired) electrons. The number of nitrogens with one attached hydrogen (secondary N) is 2. The topological polar surface area (TPSA) is 85.2 Å². The minimum atomic E-state index is -0.559. The molecular formula is C16H21N3O2. The summed E-state index contributed by atoms with van der Waals surface area (Å²) in [5.74, 6) is -0.524. The Morgan fingerprint density at radius 3 is 2.86 bits per heavy atom. The second-order valence-electron chi connectivity index (χ2n) is 5.39. The van der Waals surface area contributed by atoms with Crippen molar-refractivity contribution in [3.05, 3.63) is 23.8 Å². The van der Waals surface area contributed by atoms with Gasteiger partial charge in [0.2, 0.25) is 5.91 Å². The van der Waals surface area contributed by atoms with Crippen molar-refractivity contribution in [3.8, 4) is 6.07 Å². The van der Waals surface area contributed by atoms with Crippen LogP contribution in [-0.4, -0.2) is 23.7 Å². The normalized spacial score (nSPS) is 20.8. The van der Waals surface area contributed by atoms with Crippen molar-refractivity contribution in [2.45, 2.75) is 38.7 Å². The Kier molecular flexibility index (Phi) is 5.18. The predicted octanol–water partition coefficient (Wildman–Crippen LogP) is 2.48. The molecule has 2 rings (SSSR count). The minimum absolute atomic E-state index is 0.172. The molecule has 112 valence electrons. The second kappa shape index (κ2) is 7.09. The van der Waals surface area contributed by atoms with Crippen LogP contribution in [0.25, 0.3) is 0 Å². The SMILES string of the molecule is CCCNc1ccc(C#N)cc1NC(=O)C1CCCC1O. The molecule has 1 fully saturated rings. The van der Waals surface area contributed by atoms with Gasteiger partial charge in [-0.05, 0) is 43.9 Å². The summed E-state index contributed by atoms with van der Waals surface area (Å²) in [6.45, 7) is 2.85. The number of benzene rings is 1. The van der Waals surface area contributed by atoms with Gasteiger partial charge in [-0.3, -0.25) is 4.79 Å². The zero-order chi connectivity index (χ0) is 15.2. The summed E-state index contributed by atoms with van der Waals surface area (Å²) < 4.78 is 0. The lowest BCUT2D eigenvalue weighted by Crippen LogP contribution is -2.29. The Labute approximate surface area is 125 Å². The van der Waals surface area contributed by atoms with Gasteiger partial charge >= 0.3 is 0 Å². The first-order chi connectivity index (χ1) is 10.2. The molecule has 1 amide bonds. The summed E-state index contributed by atoms with van der Waals surface area (Å²) in [7, 11) is 0. The van der Waals surface area contributed by atoms with Crippen LogP contribution in [0.3, 0.4) is 0 Å². The molecule has 1 aliphatic carbocycles. The van der Waals surface area contributed by atoms with Gasteiger partial charge in [-0.15, -0.1) is 0 Å². The molecule has 2 atom stereocenters. The zero-order valence-corrected chi connectivity index (χ0v) is 12.2. The van der Waals surface area contributed by atoms with Gasteiger partial charge < -0.3 is 15.7 Å². The quantitative estimate of drug-likeness (QED) is 0.776. The van der Waals surface area contributed by atoms with Crippen molar-refractivity contribution in [2.24, 2.45) is 5.92 Å². The highest BCUT2D eigenvalue weighted by Crippen LogP contribution is 2.29. The Morgan fingerprint density at radius 2 is 2.24 bits per heavy atom. The van der Waals surface area contributed by atoms with Crippen LogP contribution in [0.2, 0.25) is 0 Å². The van der Waals surface area contributed by atoms with Crippen molar-refractivity contribution in [3.63, 3.8) is 0 Å². The third-order valence-corrected chi connectivity index (χ3v) is 3.79. The van der Waals surface area contributed by atoms with Crippen molar-refractivity contribution in [2.75, 3.05) is 17.2 Å². The van der Waals surface area contributed by atoms with Gasteiger partial charge in [0.05, 0.1) is 35.0 Å². The van der Waals surface area contributed by atoms with E-state index in [1.165, 1.54) is 0 Å². The van der Waals surface area contributed by atoms with Crippen molar-refractivity contribution in [1.29, 1.82) is 5.26 Å². The predicted molar refractivity (Wildman–Crippen MR) is 81.9 cm³/mol. The van der Waals surface area contributed by atoms with E-state index in [1.54, 1.807) is 18.2 Å². The maximum Gasteiger partial charge on any atom is 0.230 e. The van der Waals surface area contributed by atoms with Crippen LogP contribution in [0.4, 0.5) is 11.4 Å². The number of amides is 1. The van der Waals surface area contributed by atoms with Crippen LogP contribution in [0.1, 0.15) is 38.2 Å². The molecule has 5 heteroatoms. The summed E-state index contributed by atoms with van der Waals surface area (Å²) in [4.78, 5) is 12.3. The Bertz CT molecular complexity index is 551. The second-order valence-corrected chi connectivity index (χ2v) is 5.39. The number of hydrogen-bond acceptors (Lipinski definition) is 4. The lowest BCUT2D eigenvalue weighted by molar-refractivity contribution is -0.122. The van der Waals surface area contributed by atoms with E-state index in [9.17, 15) is 9.90 Å². The number of aliphatic hydroxyl groups is 1. The molecule has 2 unspecified atom stereocenters. The first kappa shape index (κ1) is 15.3. The number of nitrogens with zero attached hydrogens (tertiary/aromatic N) is 1. The van der Waals surface area contributed by atoms with E-state index in [0.717, 1.165) is 25.1 Å². The van der Waals surface area contributed by atoms with Gasteiger partial charge in [0, 0.05) is 6.54 Å². The van der Waals surface area contributed by atoms with E-state index in [-0.39, 0.29) is 11.8 Å². The van der Waals surface area contributed by atoms with Gasteiger partial charge in [0.25, 0.3) is 0 Å². The number of carbonyl (C=O) groups excluding carboxylic acids is 1. The van der Waals surface area contributed by atoms with Crippen LogP contribution >= 0.6 is 0 Å². The molecule has 0 aromatic heterocycles. The number of aliphatic hydroxyl groups excluding tert-OH is 1. The monoisotopic (exact) mass is 287 g/mol. The molecule has 1 saturated carbocycles. The van der Waals surface area contributed by atoms with Crippen molar-refractivity contribution >= 4 is 17.3 Å². The van der Waals surface area contributed by atoms with Crippen LogP contribution in [0.15, 0.2) is 18.2 Å². The number of nitriles is 1. The summed E-state index contributed by atoms with van der Waals surface area (Å²) in [6.07, 6.45) is 2.67. The lowest BCUT2D eigenvalue weighted by Gasteiger charge is -2.17. The first-order valence-corrected chi connectivity index (χ1v) is 7.42. The molecule has 0 spiro atoms. The molecule has 3 N–H and O–H groups in total. The smallest absolute Gasteiger partial charge is 0.230 e. The van der Waals surface area contributed by atoms with E-state index in [4.69, 9.17) is 5.26 Å². The number of rotatable bonds is 5. The Morgan fingerprint density at radius 1 is 1.43 bits per heavy atom. The van der Waals surface area contributed by atoms with Crippen LogP contribution in [-0.2, 0) is 4.79 Å². The van der Waals surface area contributed by atoms with Crippen molar-refractivity contribution < 1.29 is 9.90 Å². The molecule has 5 nitrogen and oxygen atoms in total. The molecular weight excluding hydrogens is 266 g/mol. The van der Waals surface area contributed by atoms with E-state index in [1.807, 2.05) is 0 Å². The molecule has 0 heterocycles. The molecule has 1 aromatic carbocycles. The highest BCUT2D eigenvalue weighted by atomic mass is 16.3. The van der Waals surface area contributed by atoms with Gasteiger partial charge in [0.15, 0.2) is 0 Å². The highest BCUT2D eigenvalue weighted by Gasteiger charge is 2.31. The Hall–Kier alpha value is -2.06. The van der Waals surface area contributed by atoms with Gasteiger partial charge in [-0.2, -0.15) is 5.26 Å². The Balaban J connectivity index is 2.16. The first-order valence-electron chi connectivity index (χ1n) is 7.42. The van der Waals surface area contributed by atoms with E-state index in [0.29, 0.717) is 24.1 Å². The largest absolute Gasteiger partial charge is 0.392 e. The lowest BCUT2D eigenvalue weighted by atomic mass is 10.0. The van der Waals surface area contributed by atoms with Crippen LogP contribution in [0.5, 0.6) is 0 Å². The van der Waals surface area contributed by atoms with Gasteiger partial charge in [-0.25, -0.2) is 0 Å². The molecule has 21 heavy (non-hydrogen) atoms. The molecule has 0 aliphatic heterocycles. The summed E-state index contributed by atoms with van der Waals surface area (Å²) >= 11 is 0.